The van der Waals surface area contributed by atoms with Crippen LogP contribution in [0.2, 0.25) is 0 Å². The molecule has 0 spiro atoms. The van der Waals surface area contributed by atoms with E-state index in [-0.39, 0.29) is 26.2 Å². The Bertz CT molecular complexity index is 1170. The van der Waals surface area contributed by atoms with Crippen molar-refractivity contribution in [3.63, 3.8) is 0 Å². The molecule has 0 unspecified atom stereocenters. The lowest BCUT2D eigenvalue weighted by Gasteiger charge is -2.30. The molecule has 0 atom stereocenters. The summed E-state index contributed by atoms with van der Waals surface area (Å²) < 4.78 is 23.3. The number of hydrogen-bond donors (Lipinski definition) is 0. The van der Waals surface area contributed by atoms with Crippen LogP contribution in [-0.2, 0) is 38.1 Å². The van der Waals surface area contributed by atoms with Gasteiger partial charge in [0, 0.05) is 6.42 Å². The molecular weight excluding hydrogens is 933 g/mol. The van der Waals surface area contributed by atoms with E-state index in [9.17, 15) is 19.2 Å². The number of ether oxygens (including phenoxy) is 4. The van der Waals surface area contributed by atoms with Crippen LogP contribution in [-0.4, -0.2) is 49.3 Å². The topological polar surface area (TPSA) is 105 Å². The molecule has 75 heavy (non-hydrogen) atoms. The highest BCUT2D eigenvalue weighted by atomic mass is 16.6. The summed E-state index contributed by atoms with van der Waals surface area (Å²) in [5, 5.41) is 0. The second-order valence-corrected chi connectivity index (χ2v) is 23.1. The van der Waals surface area contributed by atoms with Gasteiger partial charge in [0.25, 0.3) is 0 Å². The number of unbranched alkanes of at least 4 members (excludes halogenated alkanes) is 48. The first-order chi connectivity index (χ1) is 36.8. The fourth-order valence-corrected chi connectivity index (χ4v) is 10.5. The fraction of sp³-hybridized carbons (Fsp3) is 0.940. The maximum atomic E-state index is 14.3. The van der Waals surface area contributed by atoms with E-state index in [2.05, 4.69) is 27.7 Å². The Morgan fingerprint density at radius 3 is 0.680 bits per heavy atom. The molecule has 0 fully saturated rings. The van der Waals surface area contributed by atoms with Gasteiger partial charge in [-0.05, 0) is 25.7 Å². The van der Waals surface area contributed by atoms with Crippen LogP contribution in [0.3, 0.4) is 0 Å². The third-order valence-electron chi connectivity index (χ3n) is 15.5. The molecule has 0 aromatic rings. The minimum atomic E-state index is -2.13. The Kier molecular flexibility index (Phi) is 57.9. The van der Waals surface area contributed by atoms with E-state index >= 15 is 0 Å². The van der Waals surface area contributed by atoms with Crippen molar-refractivity contribution in [1.82, 2.24) is 0 Å². The van der Waals surface area contributed by atoms with Crippen LogP contribution in [0.5, 0.6) is 0 Å². The fourth-order valence-electron chi connectivity index (χ4n) is 10.5. The summed E-state index contributed by atoms with van der Waals surface area (Å²) in [6, 6.07) is 0. The van der Waals surface area contributed by atoms with Crippen LogP contribution in [0.15, 0.2) is 0 Å². The summed E-state index contributed by atoms with van der Waals surface area (Å²) in [6.45, 7) is 9.62. The Balaban J connectivity index is 5.46. The summed E-state index contributed by atoms with van der Waals surface area (Å²) in [5.74, 6) is -2.77. The zero-order valence-corrected chi connectivity index (χ0v) is 50.8. The van der Waals surface area contributed by atoms with Crippen molar-refractivity contribution in [1.29, 1.82) is 0 Å². The number of carbonyl (C=O) groups excluding carboxylic acids is 4. The second kappa shape index (κ2) is 59.5. The van der Waals surface area contributed by atoms with E-state index in [1.54, 1.807) is 0 Å². The maximum Gasteiger partial charge on any atom is 0.351 e. The van der Waals surface area contributed by atoms with E-state index in [1.807, 2.05) is 0 Å². The molecule has 0 bridgehead atoms. The quantitative estimate of drug-likeness (QED) is 0.0337. The van der Waals surface area contributed by atoms with Crippen molar-refractivity contribution in [3.05, 3.63) is 0 Å². The van der Waals surface area contributed by atoms with Crippen molar-refractivity contribution in [2.24, 2.45) is 0 Å². The molecule has 0 N–H and O–H groups in total. The first-order valence-corrected chi connectivity index (χ1v) is 33.5. The van der Waals surface area contributed by atoms with E-state index in [0.29, 0.717) is 12.8 Å². The van der Waals surface area contributed by atoms with Crippen LogP contribution in [0.1, 0.15) is 381 Å². The summed E-state index contributed by atoms with van der Waals surface area (Å²) in [7, 11) is 0. The van der Waals surface area contributed by atoms with Gasteiger partial charge in [0.05, 0.1) is 32.7 Å². The van der Waals surface area contributed by atoms with Crippen LogP contribution >= 0.6 is 0 Å². The molecule has 0 rings (SSSR count). The highest BCUT2D eigenvalue weighted by Gasteiger charge is 2.49. The van der Waals surface area contributed by atoms with Gasteiger partial charge in [-0.25, -0.2) is 4.79 Å². The number of rotatable bonds is 62. The van der Waals surface area contributed by atoms with Gasteiger partial charge >= 0.3 is 23.9 Å². The number of carbonyl (C=O) groups is 4. The van der Waals surface area contributed by atoms with Gasteiger partial charge in [0.2, 0.25) is 5.60 Å². The molecule has 0 aliphatic carbocycles. The van der Waals surface area contributed by atoms with Gasteiger partial charge in [0.15, 0.2) is 0 Å². The molecule has 0 saturated heterocycles. The molecule has 8 heteroatoms. The molecule has 0 aliphatic heterocycles. The van der Waals surface area contributed by atoms with Crippen molar-refractivity contribution < 1.29 is 38.1 Å². The van der Waals surface area contributed by atoms with Crippen LogP contribution < -0.4 is 0 Å². The van der Waals surface area contributed by atoms with Crippen molar-refractivity contribution in [3.8, 4) is 0 Å². The summed E-state index contributed by atoms with van der Waals surface area (Å²) in [6.07, 6.45) is 61.6. The highest BCUT2D eigenvalue weighted by Crippen LogP contribution is 2.28. The first-order valence-electron chi connectivity index (χ1n) is 33.5. The molecule has 8 nitrogen and oxygen atoms in total. The van der Waals surface area contributed by atoms with Crippen LogP contribution in [0.25, 0.3) is 0 Å². The minimum absolute atomic E-state index is 0.105. The lowest BCUT2D eigenvalue weighted by Crippen LogP contribution is -2.48. The molecule has 0 aromatic heterocycles. The Morgan fingerprint density at radius 2 is 0.440 bits per heavy atom. The standard InChI is InChI=1S/C67H128O8/c1-5-9-13-17-21-25-29-33-37-41-45-49-53-57-63(68)75-67(66(71)74-60-56-52-48-44-40-36-32-28-24-20-16-12-8-4,61-64(69)72-58-54-50-46-42-38-34-30-26-22-18-14-10-6-2)62-65(70)73-59-55-51-47-43-39-35-31-27-23-19-15-11-7-3/h5-62H2,1-4H3. The van der Waals surface area contributed by atoms with Gasteiger partial charge in [-0.3, -0.25) is 14.4 Å². The maximum absolute atomic E-state index is 14.3. The monoisotopic (exact) mass is 1060 g/mol. The second-order valence-electron chi connectivity index (χ2n) is 23.1. The summed E-state index contributed by atoms with van der Waals surface area (Å²) in [5.41, 5.74) is -2.13. The molecular formula is C67H128O8. The molecule has 0 amide bonds. The van der Waals surface area contributed by atoms with Crippen LogP contribution in [0, 0.1) is 0 Å². The summed E-state index contributed by atoms with van der Waals surface area (Å²) >= 11 is 0. The molecule has 0 aliphatic rings. The van der Waals surface area contributed by atoms with Crippen LogP contribution in [0.4, 0.5) is 0 Å². The summed E-state index contributed by atoms with van der Waals surface area (Å²) in [4.78, 5) is 55.3. The zero-order chi connectivity index (χ0) is 54.7. The molecule has 444 valence electrons. The third-order valence-corrected chi connectivity index (χ3v) is 15.5. The Labute approximate surface area is 466 Å². The number of esters is 4. The largest absolute Gasteiger partial charge is 0.466 e. The van der Waals surface area contributed by atoms with Gasteiger partial charge in [-0.1, -0.05) is 336 Å². The minimum Gasteiger partial charge on any atom is -0.466 e. The normalized spacial score (nSPS) is 11.6. The van der Waals surface area contributed by atoms with E-state index in [1.165, 1.54) is 244 Å². The smallest absolute Gasteiger partial charge is 0.351 e. The third kappa shape index (κ3) is 52.4. The lowest BCUT2D eigenvalue weighted by atomic mass is 9.94. The van der Waals surface area contributed by atoms with E-state index < -0.39 is 42.3 Å². The first kappa shape index (κ1) is 72.9. The molecule has 0 aromatic carbocycles. The molecule has 0 saturated carbocycles. The number of hydrogen-bond acceptors (Lipinski definition) is 8. The SMILES string of the molecule is CCCCCCCCCCCCCCCOC(=O)CC(CC(=O)OCCCCCCCCCCCCCCC)(OC(=O)CCCCCCCCCCCCCCC)C(=O)OCCCCCCCCCCCCCCC. The lowest BCUT2D eigenvalue weighted by molar-refractivity contribution is -0.191. The highest BCUT2D eigenvalue weighted by molar-refractivity contribution is 5.92. The predicted molar refractivity (Wildman–Crippen MR) is 318 cm³/mol. The van der Waals surface area contributed by atoms with Gasteiger partial charge in [-0.2, -0.15) is 0 Å². The van der Waals surface area contributed by atoms with Crippen molar-refractivity contribution in [2.75, 3.05) is 19.8 Å². The van der Waals surface area contributed by atoms with Crippen molar-refractivity contribution in [2.45, 2.75) is 386 Å². The Hall–Kier alpha value is -2.12. The average Bonchev–Trinajstić information content (AvgIpc) is 3.40. The average molecular weight is 1060 g/mol. The molecule has 0 heterocycles. The van der Waals surface area contributed by atoms with Gasteiger partial charge < -0.3 is 18.9 Å². The Morgan fingerprint density at radius 1 is 0.240 bits per heavy atom. The van der Waals surface area contributed by atoms with E-state index in [0.717, 1.165) is 77.0 Å². The van der Waals surface area contributed by atoms with Crippen molar-refractivity contribution >= 4 is 23.9 Å². The zero-order valence-electron chi connectivity index (χ0n) is 50.8. The predicted octanol–water partition coefficient (Wildman–Crippen LogP) is 21.4. The molecule has 0 radical (unpaired) electrons. The van der Waals surface area contributed by atoms with Gasteiger partial charge in [-0.15, -0.1) is 0 Å². The van der Waals surface area contributed by atoms with E-state index in [4.69, 9.17) is 18.9 Å². The van der Waals surface area contributed by atoms with Gasteiger partial charge in [0.1, 0.15) is 0 Å².